The maximum Gasteiger partial charge on any atom is 0.227 e. The molecule has 0 aliphatic heterocycles. The number of nitrogens with two attached hydrogens (primary N) is 1. The van der Waals surface area contributed by atoms with Crippen molar-refractivity contribution in [1.29, 1.82) is 0 Å². The number of sulfone groups is 1. The number of anilines is 1. The molecule has 0 saturated heterocycles. The van der Waals surface area contributed by atoms with Crippen molar-refractivity contribution in [2.45, 2.75) is 36.6 Å². The van der Waals surface area contributed by atoms with Crippen LogP contribution >= 0.6 is 12.4 Å². The molecular weight excluding hydrogens is 312 g/mol. The number of rotatable bonds is 3. The van der Waals surface area contributed by atoms with Crippen molar-refractivity contribution < 1.29 is 13.2 Å². The normalized spacial score (nSPS) is 22.2. The molecule has 2 rings (SSSR count). The first-order chi connectivity index (χ1) is 9.36. The molecular formula is C14H21ClN2O3S. The SMILES string of the molecule is CS(=O)(=O)c1cccc(NC(=O)C2CCCC(N)C2)c1.Cl. The first-order valence-corrected chi connectivity index (χ1v) is 8.62. The Morgan fingerprint density at radius 2 is 2.05 bits per heavy atom. The third-order valence-electron chi connectivity index (χ3n) is 3.62. The Morgan fingerprint density at radius 1 is 1.33 bits per heavy atom. The van der Waals surface area contributed by atoms with Gasteiger partial charge in [-0.3, -0.25) is 4.79 Å². The van der Waals surface area contributed by atoms with E-state index in [4.69, 9.17) is 5.73 Å². The molecule has 1 aliphatic rings. The highest BCUT2D eigenvalue weighted by molar-refractivity contribution is 7.90. The molecule has 0 bridgehead atoms. The summed E-state index contributed by atoms with van der Waals surface area (Å²) in [4.78, 5) is 12.4. The van der Waals surface area contributed by atoms with Gasteiger partial charge in [0.2, 0.25) is 5.91 Å². The molecule has 1 aromatic rings. The van der Waals surface area contributed by atoms with Gasteiger partial charge >= 0.3 is 0 Å². The number of halogens is 1. The van der Waals surface area contributed by atoms with Gasteiger partial charge in [0.1, 0.15) is 0 Å². The Morgan fingerprint density at radius 3 is 2.67 bits per heavy atom. The lowest BCUT2D eigenvalue weighted by molar-refractivity contribution is -0.120. The maximum atomic E-state index is 12.2. The Labute approximate surface area is 131 Å². The van der Waals surface area contributed by atoms with Gasteiger partial charge in [-0.05, 0) is 37.5 Å². The number of benzene rings is 1. The lowest BCUT2D eigenvalue weighted by Crippen LogP contribution is -2.34. The summed E-state index contributed by atoms with van der Waals surface area (Å²) < 4.78 is 23.0. The number of nitrogens with one attached hydrogen (secondary N) is 1. The molecule has 5 nitrogen and oxygen atoms in total. The fourth-order valence-corrected chi connectivity index (χ4v) is 3.18. The molecule has 0 heterocycles. The highest BCUT2D eigenvalue weighted by Gasteiger charge is 2.25. The molecule has 7 heteroatoms. The van der Waals surface area contributed by atoms with Gasteiger partial charge in [-0.15, -0.1) is 12.4 Å². The first-order valence-electron chi connectivity index (χ1n) is 6.73. The zero-order valence-corrected chi connectivity index (χ0v) is 13.5. The van der Waals surface area contributed by atoms with Crippen molar-refractivity contribution in [2.75, 3.05) is 11.6 Å². The summed E-state index contributed by atoms with van der Waals surface area (Å²) >= 11 is 0. The van der Waals surface area contributed by atoms with Crippen molar-refractivity contribution in [3.05, 3.63) is 24.3 Å². The van der Waals surface area contributed by atoms with Crippen LogP contribution in [0.1, 0.15) is 25.7 Å². The van der Waals surface area contributed by atoms with Crippen LogP contribution in [0.4, 0.5) is 5.69 Å². The number of amides is 1. The molecule has 0 radical (unpaired) electrons. The molecule has 2 atom stereocenters. The van der Waals surface area contributed by atoms with Crippen molar-refractivity contribution in [1.82, 2.24) is 0 Å². The summed E-state index contributed by atoms with van der Waals surface area (Å²) in [6.07, 6.45) is 4.60. The predicted molar refractivity (Wildman–Crippen MR) is 85.4 cm³/mol. The van der Waals surface area contributed by atoms with Crippen LogP contribution in [0, 0.1) is 5.92 Å². The lowest BCUT2D eigenvalue weighted by Gasteiger charge is -2.25. The molecule has 1 amide bonds. The van der Waals surface area contributed by atoms with E-state index in [2.05, 4.69) is 5.32 Å². The maximum absolute atomic E-state index is 12.2. The number of hydrogen-bond donors (Lipinski definition) is 2. The van der Waals surface area contributed by atoms with Crippen molar-refractivity contribution >= 4 is 33.8 Å². The van der Waals surface area contributed by atoms with Crippen molar-refractivity contribution in [3.63, 3.8) is 0 Å². The second-order valence-electron chi connectivity index (χ2n) is 5.41. The molecule has 1 aliphatic carbocycles. The monoisotopic (exact) mass is 332 g/mol. The van der Waals surface area contributed by atoms with Crippen LogP contribution in [0.2, 0.25) is 0 Å². The fourth-order valence-electron chi connectivity index (χ4n) is 2.51. The second kappa shape index (κ2) is 7.24. The summed E-state index contributed by atoms with van der Waals surface area (Å²) in [5.74, 6) is -0.161. The van der Waals surface area contributed by atoms with Gasteiger partial charge in [0.15, 0.2) is 9.84 Å². The topological polar surface area (TPSA) is 89.3 Å². The van der Waals surface area contributed by atoms with Crippen LogP contribution in [0.3, 0.4) is 0 Å². The van der Waals surface area contributed by atoms with Gasteiger partial charge in [-0.2, -0.15) is 0 Å². The molecule has 21 heavy (non-hydrogen) atoms. The third kappa shape index (κ3) is 4.98. The minimum atomic E-state index is -3.27. The van der Waals surface area contributed by atoms with E-state index in [9.17, 15) is 13.2 Å². The zero-order chi connectivity index (χ0) is 14.8. The van der Waals surface area contributed by atoms with Gasteiger partial charge in [0.25, 0.3) is 0 Å². The van der Waals surface area contributed by atoms with E-state index in [1.165, 1.54) is 12.1 Å². The van der Waals surface area contributed by atoms with Gasteiger partial charge in [-0.1, -0.05) is 12.5 Å². The van der Waals surface area contributed by atoms with E-state index in [1.54, 1.807) is 12.1 Å². The van der Waals surface area contributed by atoms with E-state index in [-0.39, 0.29) is 35.2 Å². The van der Waals surface area contributed by atoms with Crippen LogP contribution in [0.5, 0.6) is 0 Å². The van der Waals surface area contributed by atoms with Crippen LogP contribution in [0.25, 0.3) is 0 Å². The van der Waals surface area contributed by atoms with Crippen molar-refractivity contribution in [2.24, 2.45) is 11.7 Å². The average Bonchev–Trinajstić information content (AvgIpc) is 2.38. The highest BCUT2D eigenvalue weighted by Crippen LogP contribution is 2.25. The van der Waals surface area contributed by atoms with Gasteiger partial charge in [0.05, 0.1) is 4.90 Å². The number of hydrogen-bond acceptors (Lipinski definition) is 4. The van der Waals surface area contributed by atoms with Gasteiger partial charge in [0, 0.05) is 23.9 Å². The summed E-state index contributed by atoms with van der Waals surface area (Å²) in [5, 5.41) is 2.79. The van der Waals surface area contributed by atoms with Crippen molar-refractivity contribution in [3.8, 4) is 0 Å². The van der Waals surface area contributed by atoms with Crippen LogP contribution in [-0.2, 0) is 14.6 Å². The average molecular weight is 333 g/mol. The number of carbonyl (C=O) groups excluding carboxylic acids is 1. The van der Waals surface area contributed by atoms with E-state index >= 15 is 0 Å². The fraction of sp³-hybridized carbons (Fsp3) is 0.500. The highest BCUT2D eigenvalue weighted by atomic mass is 35.5. The lowest BCUT2D eigenvalue weighted by atomic mass is 9.85. The summed E-state index contributed by atoms with van der Waals surface area (Å²) in [6, 6.07) is 6.40. The molecule has 3 N–H and O–H groups in total. The predicted octanol–water partition coefficient (Wildman–Crippen LogP) is 1.97. The standard InChI is InChI=1S/C14H20N2O3S.ClH/c1-20(18,19)13-7-3-6-12(9-13)16-14(17)10-4-2-5-11(15)8-10;/h3,6-7,9-11H,2,4-5,8,15H2,1H3,(H,16,17);1H. The Balaban J connectivity index is 0.00000220. The largest absolute Gasteiger partial charge is 0.328 e. The third-order valence-corrected chi connectivity index (χ3v) is 4.73. The Hall–Kier alpha value is -1.11. The van der Waals surface area contributed by atoms with E-state index < -0.39 is 9.84 Å². The summed E-state index contributed by atoms with van der Waals surface area (Å²) in [6.45, 7) is 0. The van der Waals surface area contributed by atoms with Crippen LogP contribution < -0.4 is 11.1 Å². The van der Waals surface area contributed by atoms with Crippen LogP contribution in [-0.4, -0.2) is 26.6 Å². The quantitative estimate of drug-likeness (QED) is 0.885. The van der Waals surface area contributed by atoms with E-state index in [1.807, 2.05) is 0 Å². The van der Waals surface area contributed by atoms with Gasteiger partial charge in [-0.25, -0.2) is 8.42 Å². The molecule has 1 aromatic carbocycles. The summed E-state index contributed by atoms with van der Waals surface area (Å²) in [7, 11) is -3.27. The molecule has 1 fully saturated rings. The van der Waals surface area contributed by atoms with E-state index in [0.29, 0.717) is 12.1 Å². The molecule has 0 spiro atoms. The minimum Gasteiger partial charge on any atom is -0.328 e. The van der Waals surface area contributed by atoms with E-state index in [0.717, 1.165) is 25.5 Å². The second-order valence-corrected chi connectivity index (χ2v) is 7.43. The first kappa shape index (κ1) is 17.9. The molecule has 118 valence electrons. The smallest absolute Gasteiger partial charge is 0.227 e. The Kier molecular flexibility index (Phi) is 6.19. The molecule has 2 unspecified atom stereocenters. The number of carbonyl (C=O) groups is 1. The van der Waals surface area contributed by atoms with Crippen LogP contribution in [0.15, 0.2) is 29.2 Å². The zero-order valence-electron chi connectivity index (χ0n) is 11.9. The Bertz CT molecular complexity index is 604. The minimum absolute atomic E-state index is 0. The molecule has 0 aromatic heterocycles. The molecule has 1 saturated carbocycles. The van der Waals surface area contributed by atoms with Gasteiger partial charge < -0.3 is 11.1 Å². The summed E-state index contributed by atoms with van der Waals surface area (Å²) in [5.41, 5.74) is 6.39.